The van der Waals surface area contributed by atoms with Gasteiger partial charge in [0, 0.05) is 6.04 Å². The number of halogens is 2. The first-order chi connectivity index (χ1) is 9.08. The molecule has 1 nitrogen and oxygen atoms in total. The van der Waals surface area contributed by atoms with Crippen molar-refractivity contribution in [3.63, 3.8) is 0 Å². The molecule has 0 bridgehead atoms. The Bertz CT molecular complexity index is 417. The molecule has 0 radical (unpaired) electrons. The summed E-state index contributed by atoms with van der Waals surface area (Å²) < 4.78 is 0. The SMILES string of the molecule is CC(C)CCCN1CCCC1c1ccc(Cl)c(Cl)c1. The first-order valence-corrected chi connectivity index (χ1v) is 8.02. The summed E-state index contributed by atoms with van der Waals surface area (Å²) in [4.78, 5) is 2.60. The normalized spacial score (nSPS) is 20.4. The topological polar surface area (TPSA) is 3.24 Å². The minimum atomic E-state index is 0.530. The largest absolute Gasteiger partial charge is 0.296 e. The van der Waals surface area contributed by atoms with Crippen LogP contribution < -0.4 is 0 Å². The van der Waals surface area contributed by atoms with Crippen molar-refractivity contribution in [1.82, 2.24) is 4.90 Å². The molecule has 1 aliphatic heterocycles. The fourth-order valence-corrected chi connectivity index (χ4v) is 3.20. The molecule has 1 atom stereocenters. The summed E-state index contributed by atoms with van der Waals surface area (Å²) in [5, 5.41) is 1.32. The predicted molar refractivity (Wildman–Crippen MR) is 84.1 cm³/mol. The van der Waals surface area contributed by atoms with Crippen molar-refractivity contribution in [1.29, 1.82) is 0 Å². The second kappa shape index (κ2) is 6.97. The van der Waals surface area contributed by atoms with Crippen LogP contribution in [0.2, 0.25) is 10.0 Å². The summed E-state index contributed by atoms with van der Waals surface area (Å²) in [7, 11) is 0. The van der Waals surface area contributed by atoms with Gasteiger partial charge < -0.3 is 0 Å². The maximum Gasteiger partial charge on any atom is 0.0595 e. The number of benzene rings is 1. The molecule has 0 aromatic heterocycles. The fourth-order valence-electron chi connectivity index (χ4n) is 2.89. The van der Waals surface area contributed by atoms with Crippen LogP contribution in [0.1, 0.15) is 51.1 Å². The molecule has 1 heterocycles. The van der Waals surface area contributed by atoms with E-state index in [1.807, 2.05) is 12.1 Å². The van der Waals surface area contributed by atoms with Gasteiger partial charge in [0.25, 0.3) is 0 Å². The molecule has 1 aromatic carbocycles. The minimum Gasteiger partial charge on any atom is -0.296 e. The smallest absolute Gasteiger partial charge is 0.0595 e. The number of likely N-dealkylation sites (tertiary alicyclic amines) is 1. The highest BCUT2D eigenvalue weighted by atomic mass is 35.5. The van der Waals surface area contributed by atoms with Crippen molar-refractivity contribution in [3.05, 3.63) is 33.8 Å². The van der Waals surface area contributed by atoms with E-state index in [0.29, 0.717) is 16.1 Å². The predicted octanol–water partition coefficient (Wildman–Crippen LogP) is 5.57. The molecule has 1 aliphatic rings. The van der Waals surface area contributed by atoms with Crippen molar-refractivity contribution >= 4 is 23.2 Å². The van der Waals surface area contributed by atoms with Crippen molar-refractivity contribution in [2.75, 3.05) is 13.1 Å². The van der Waals surface area contributed by atoms with E-state index in [2.05, 4.69) is 24.8 Å². The summed E-state index contributed by atoms with van der Waals surface area (Å²) in [6.45, 7) is 6.99. The summed E-state index contributed by atoms with van der Waals surface area (Å²) in [5.41, 5.74) is 1.32. The Kier molecular flexibility index (Phi) is 5.56. The Morgan fingerprint density at radius 1 is 1.26 bits per heavy atom. The molecule has 19 heavy (non-hydrogen) atoms. The third-order valence-corrected chi connectivity index (χ3v) is 4.66. The Hall–Kier alpha value is -0.240. The van der Waals surface area contributed by atoms with Crippen LogP contribution in [0.25, 0.3) is 0 Å². The Morgan fingerprint density at radius 3 is 2.74 bits per heavy atom. The highest BCUT2D eigenvalue weighted by molar-refractivity contribution is 6.42. The van der Waals surface area contributed by atoms with E-state index < -0.39 is 0 Å². The van der Waals surface area contributed by atoms with E-state index in [0.717, 1.165) is 5.92 Å². The molecule has 3 heteroatoms. The number of hydrogen-bond donors (Lipinski definition) is 0. The lowest BCUT2D eigenvalue weighted by Gasteiger charge is -2.25. The van der Waals surface area contributed by atoms with E-state index in [1.165, 1.54) is 44.3 Å². The van der Waals surface area contributed by atoms with Gasteiger partial charge in [-0.05, 0) is 62.4 Å². The molecule has 1 unspecified atom stereocenters. The molecule has 0 N–H and O–H groups in total. The average Bonchev–Trinajstić information content (AvgIpc) is 2.80. The van der Waals surface area contributed by atoms with Crippen LogP contribution in [0.5, 0.6) is 0 Å². The molecule has 0 aliphatic carbocycles. The molecule has 1 fully saturated rings. The Morgan fingerprint density at radius 2 is 2.05 bits per heavy atom. The van der Waals surface area contributed by atoms with Crippen molar-refractivity contribution in [2.24, 2.45) is 5.92 Å². The van der Waals surface area contributed by atoms with E-state index in [9.17, 15) is 0 Å². The zero-order chi connectivity index (χ0) is 13.8. The number of hydrogen-bond acceptors (Lipinski definition) is 1. The van der Waals surface area contributed by atoms with Gasteiger partial charge in [-0.25, -0.2) is 0 Å². The first-order valence-electron chi connectivity index (χ1n) is 7.27. The molecule has 0 amide bonds. The van der Waals surface area contributed by atoms with Crippen LogP contribution in [-0.4, -0.2) is 18.0 Å². The average molecular weight is 300 g/mol. The lowest BCUT2D eigenvalue weighted by atomic mass is 10.0. The molecule has 0 saturated carbocycles. The van der Waals surface area contributed by atoms with Crippen molar-refractivity contribution < 1.29 is 0 Å². The second-order valence-corrected chi connectivity index (χ2v) is 6.72. The zero-order valence-electron chi connectivity index (χ0n) is 11.8. The van der Waals surface area contributed by atoms with Crippen LogP contribution in [0, 0.1) is 5.92 Å². The first kappa shape index (κ1) is 15.2. The van der Waals surface area contributed by atoms with Crippen molar-refractivity contribution in [2.45, 2.75) is 45.6 Å². The lowest BCUT2D eigenvalue weighted by Crippen LogP contribution is -2.24. The van der Waals surface area contributed by atoms with Gasteiger partial charge in [-0.2, -0.15) is 0 Å². The van der Waals surface area contributed by atoms with Gasteiger partial charge in [-0.3, -0.25) is 4.90 Å². The number of rotatable bonds is 5. The summed E-state index contributed by atoms with van der Waals surface area (Å²) >= 11 is 12.1. The maximum absolute atomic E-state index is 6.14. The zero-order valence-corrected chi connectivity index (χ0v) is 13.3. The molecule has 2 rings (SSSR count). The van der Waals surface area contributed by atoms with Gasteiger partial charge in [0.05, 0.1) is 10.0 Å². The molecule has 1 aromatic rings. The number of nitrogens with zero attached hydrogens (tertiary/aromatic N) is 1. The van der Waals surface area contributed by atoms with Crippen LogP contribution in [0.15, 0.2) is 18.2 Å². The van der Waals surface area contributed by atoms with Gasteiger partial charge in [-0.1, -0.05) is 43.1 Å². The Labute approximate surface area is 126 Å². The van der Waals surface area contributed by atoms with Crippen LogP contribution in [0.4, 0.5) is 0 Å². The molecule has 0 spiro atoms. The van der Waals surface area contributed by atoms with Crippen molar-refractivity contribution in [3.8, 4) is 0 Å². The fraction of sp³-hybridized carbons (Fsp3) is 0.625. The highest BCUT2D eigenvalue weighted by Crippen LogP contribution is 2.35. The molecular weight excluding hydrogens is 277 g/mol. The van der Waals surface area contributed by atoms with Gasteiger partial charge in [-0.15, -0.1) is 0 Å². The third-order valence-electron chi connectivity index (χ3n) is 3.92. The summed E-state index contributed by atoms with van der Waals surface area (Å²) in [5.74, 6) is 0.797. The third kappa shape index (κ3) is 4.11. The van der Waals surface area contributed by atoms with Crippen LogP contribution >= 0.6 is 23.2 Å². The van der Waals surface area contributed by atoms with Gasteiger partial charge in [0.15, 0.2) is 0 Å². The van der Waals surface area contributed by atoms with E-state index in [4.69, 9.17) is 23.2 Å². The van der Waals surface area contributed by atoms with Gasteiger partial charge in [0.2, 0.25) is 0 Å². The molecule has 106 valence electrons. The lowest BCUT2D eigenvalue weighted by molar-refractivity contribution is 0.247. The summed E-state index contributed by atoms with van der Waals surface area (Å²) in [6.07, 6.45) is 5.12. The minimum absolute atomic E-state index is 0.530. The molecule has 1 saturated heterocycles. The monoisotopic (exact) mass is 299 g/mol. The quantitative estimate of drug-likeness (QED) is 0.687. The van der Waals surface area contributed by atoms with Crippen LogP contribution in [-0.2, 0) is 0 Å². The van der Waals surface area contributed by atoms with E-state index >= 15 is 0 Å². The second-order valence-electron chi connectivity index (χ2n) is 5.90. The van der Waals surface area contributed by atoms with E-state index in [-0.39, 0.29) is 0 Å². The highest BCUT2D eigenvalue weighted by Gasteiger charge is 2.25. The Balaban J connectivity index is 1.99. The van der Waals surface area contributed by atoms with Gasteiger partial charge in [0.1, 0.15) is 0 Å². The maximum atomic E-state index is 6.14. The van der Waals surface area contributed by atoms with Gasteiger partial charge >= 0.3 is 0 Å². The van der Waals surface area contributed by atoms with E-state index in [1.54, 1.807) is 0 Å². The van der Waals surface area contributed by atoms with Crippen LogP contribution in [0.3, 0.4) is 0 Å². The standard InChI is InChI=1S/C16H23Cl2N/c1-12(2)5-3-9-19-10-4-6-16(19)13-7-8-14(17)15(18)11-13/h7-8,11-12,16H,3-6,9-10H2,1-2H3. The molecular formula is C16H23Cl2N. The summed E-state index contributed by atoms with van der Waals surface area (Å²) in [6, 6.07) is 6.61.